The van der Waals surface area contributed by atoms with Crippen LogP contribution in [-0.2, 0) is 9.53 Å². The number of anilines is 1. The SMILES string of the molecule is CC(C)c1ccccc1N.COC(C)(C)C.O=CN1C2CCC1CC2. The number of carbonyl (C=O) groups is 1. The lowest BCUT2D eigenvalue weighted by Gasteiger charge is -2.14. The van der Waals surface area contributed by atoms with Gasteiger partial charge in [0.2, 0.25) is 6.41 Å². The van der Waals surface area contributed by atoms with Crippen molar-refractivity contribution in [1.82, 2.24) is 4.90 Å². The molecule has 1 amide bonds. The number of carbonyl (C=O) groups excluding carboxylic acids is 1. The van der Waals surface area contributed by atoms with Gasteiger partial charge in [-0.15, -0.1) is 0 Å². The van der Waals surface area contributed by atoms with Crippen molar-refractivity contribution < 1.29 is 9.53 Å². The number of benzene rings is 1. The van der Waals surface area contributed by atoms with Gasteiger partial charge in [-0.3, -0.25) is 4.79 Å². The van der Waals surface area contributed by atoms with Crippen LogP contribution in [0.5, 0.6) is 0 Å². The number of rotatable bonds is 2. The normalized spacial score (nSPS) is 21.3. The Kier molecular flexibility index (Phi) is 8.43. The minimum Gasteiger partial charge on any atom is -0.398 e. The maximum absolute atomic E-state index is 10.4. The molecule has 142 valence electrons. The predicted molar refractivity (Wildman–Crippen MR) is 106 cm³/mol. The second-order valence-corrected chi connectivity index (χ2v) is 8.12. The Morgan fingerprint density at radius 1 is 1.12 bits per heavy atom. The van der Waals surface area contributed by atoms with Gasteiger partial charge in [-0.1, -0.05) is 32.0 Å². The molecule has 2 aliphatic rings. The third-order valence-corrected chi connectivity index (χ3v) is 4.86. The molecule has 0 atom stereocenters. The maximum atomic E-state index is 10.4. The van der Waals surface area contributed by atoms with E-state index in [0.29, 0.717) is 18.0 Å². The first-order chi connectivity index (χ1) is 11.7. The molecule has 0 aromatic heterocycles. The summed E-state index contributed by atoms with van der Waals surface area (Å²) in [6.07, 6.45) is 6.04. The van der Waals surface area contributed by atoms with Crippen molar-refractivity contribution in [3.63, 3.8) is 0 Å². The molecule has 0 spiro atoms. The van der Waals surface area contributed by atoms with Crippen LogP contribution in [-0.4, -0.2) is 36.1 Å². The lowest BCUT2D eigenvalue weighted by Crippen LogP contribution is -2.26. The van der Waals surface area contributed by atoms with Crippen LogP contribution in [0.25, 0.3) is 0 Å². The van der Waals surface area contributed by atoms with Gasteiger partial charge in [-0.2, -0.15) is 0 Å². The molecule has 4 heteroatoms. The third-order valence-electron chi connectivity index (χ3n) is 4.86. The van der Waals surface area contributed by atoms with Crippen molar-refractivity contribution in [3.05, 3.63) is 29.8 Å². The molecule has 0 saturated carbocycles. The van der Waals surface area contributed by atoms with Crippen molar-refractivity contribution in [1.29, 1.82) is 0 Å². The van der Waals surface area contributed by atoms with Crippen LogP contribution in [0.4, 0.5) is 5.69 Å². The minimum absolute atomic E-state index is 0.0417. The molecule has 1 aromatic rings. The molecule has 2 N–H and O–H groups in total. The van der Waals surface area contributed by atoms with Gasteiger partial charge in [0, 0.05) is 24.9 Å². The Bertz CT molecular complexity index is 503. The number of nitrogens with zero attached hydrogens (tertiary/aromatic N) is 1. The van der Waals surface area contributed by atoms with Crippen molar-refractivity contribution in [2.24, 2.45) is 0 Å². The van der Waals surface area contributed by atoms with Crippen LogP contribution in [0, 0.1) is 0 Å². The highest BCUT2D eigenvalue weighted by Gasteiger charge is 2.37. The van der Waals surface area contributed by atoms with Crippen LogP contribution in [0.1, 0.15) is 71.8 Å². The van der Waals surface area contributed by atoms with E-state index in [9.17, 15) is 4.79 Å². The van der Waals surface area contributed by atoms with E-state index in [1.165, 1.54) is 31.2 Å². The zero-order chi connectivity index (χ0) is 19.0. The van der Waals surface area contributed by atoms with E-state index in [1.807, 2.05) is 43.9 Å². The van der Waals surface area contributed by atoms with Gasteiger partial charge in [0.15, 0.2) is 0 Å². The molecule has 2 fully saturated rings. The van der Waals surface area contributed by atoms with Crippen molar-refractivity contribution in [2.75, 3.05) is 12.8 Å². The molecule has 2 heterocycles. The molecule has 1 aromatic carbocycles. The van der Waals surface area contributed by atoms with Gasteiger partial charge >= 0.3 is 0 Å². The highest BCUT2D eigenvalue weighted by atomic mass is 16.5. The van der Waals surface area contributed by atoms with E-state index >= 15 is 0 Å². The van der Waals surface area contributed by atoms with Crippen molar-refractivity contribution in [3.8, 4) is 0 Å². The highest BCUT2D eigenvalue weighted by Crippen LogP contribution is 2.35. The molecule has 2 bridgehead atoms. The first-order valence-corrected chi connectivity index (χ1v) is 9.32. The number of ether oxygens (including phenoxy) is 1. The van der Waals surface area contributed by atoms with Crippen LogP contribution < -0.4 is 5.73 Å². The second-order valence-electron chi connectivity index (χ2n) is 8.12. The summed E-state index contributed by atoms with van der Waals surface area (Å²) >= 11 is 0. The van der Waals surface area contributed by atoms with E-state index in [0.717, 1.165) is 12.1 Å². The Balaban J connectivity index is 0.000000194. The Hall–Kier alpha value is -1.55. The fourth-order valence-corrected chi connectivity index (χ4v) is 3.16. The van der Waals surface area contributed by atoms with Gasteiger partial charge in [0.1, 0.15) is 0 Å². The number of hydrogen-bond donors (Lipinski definition) is 1. The molecule has 4 nitrogen and oxygen atoms in total. The second kappa shape index (κ2) is 9.81. The van der Waals surface area contributed by atoms with E-state index in [-0.39, 0.29) is 5.60 Å². The average Bonchev–Trinajstić information content (AvgIpc) is 3.15. The number of fused-ring (bicyclic) bond motifs is 2. The summed E-state index contributed by atoms with van der Waals surface area (Å²) in [6, 6.07) is 9.22. The zero-order valence-corrected chi connectivity index (χ0v) is 16.8. The summed E-state index contributed by atoms with van der Waals surface area (Å²) in [4.78, 5) is 12.4. The molecule has 0 aliphatic carbocycles. The first-order valence-electron chi connectivity index (χ1n) is 9.32. The standard InChI is InChI=1S/C9H13N.C7H11NO.C5H12O/c1-7(2)8-5-3-4-6-9(8)10;9-5-8-6-1-2-7(8)4-3-6;1-5(2,3)6-4/h3-7H,10H2,1-2H3;5-7H,1-4H2;1-4H3. The highest BCUT2D eigenvalue weighted by molar-refractivity contribution is 5.50. The van der Waals surface area contributed by atoms with Gasteiger partial charge < -0.3 is 15.4 Å². The number of amides is 1. The fourth-order valence-electron chi connectivity index (χ4n) is 3.16. The predicted octanol–water partition coefficient (Wildman–Crippen LogP) is 4.59. The molecule has 0 radical (unpaired) electrons. The smallest absolute Gasteiger partial charge is 0.210 e. The summed E-state index contributed by atoms with van der Waals surface area (Å²) in [5.41, 5.74) is 7.90. The number of nitrogen functional groups attached to an aromatic ring is 1. The lowest BCUT2D eigenvalue weighted by atomic mass is 10.0. The number of para-hydroxylation sites is 1. The van der Waals surface area contributed by atoms with Crippen LogP contribution in [0.15, 0.2) is 24.3 Å². The topological polar surface area (TPSA) is 55.6 Å². The monoisotopic (exact) mass is 348 g/mol. The van der Waals surface area contributed by atoms with Crippen LogP contribution in [0.3, 0.4) is 0 Å². The fraction of sp³-hybridized carbons (Fsp3) is 0.667. The van der Waals surface area contributed by atoms with Crippen LogP contribution in [0.2, 0.25) is 0 Å². The molecule has 2 saturated heterocycles. The minimum atomic E-state index is 0.0417. The number of hydrogen-bond acceptors (Lipinski definition) is 3. The maximum Gasteiger partial charge on any atom is 0.210 e. The summed E-state index contributed by atoms with van der Waals surface area (Å²) in [5.74, 6) is 0.529. The molecular weight excluding hydrogens is 312 g/mol. The van der Waals surface area contributed by atoms with E-state index in [2.05, 4.69) is 19.9 Å². The quantitative estimate of drug-likeness (QED) is 0.628. The number of methoxy groups -OCH3 is 1. The molecule has 25 heavy (non-hydrogen) atoms. The van der Waals surface area contributed by atoms with Gasteiger partial charge in [0.25, 0.3) is 0 Å². The van der Waals surface area contributed by atoms with E-state index in [1.54, 1.807) is 7.11 Å². The molecule has 2 aliphatic heterocycles. The van der Waals surface area contributed by atoms with Gasteiger partial charge in [0.05, 0.1) is 5.60 Å². The largest absolute Gasteiger partial charge is 0.398 e. The Morgan fingerprint density at radius 3 is 1.80 bits per heavy atom. The zero-order valence-electron chi connectivity index (χ0n) is 16.8. The van der Waals surface area contributed by atoms with Crippen molar-refractivity contribution >= 4 is 12.1 Å². The Labute approximate surface area is 153 Å². The number of nitrogens with two attached hydrogens (primary N) is 1. The summed E-state index contributed by atoms with van der Waals surface area (Å²) in [7, 11) is 1.71. The van der Waals surface area contributed by atoms with Crippen LogP contribution >= 0.6 is 0 Å². The van der Waals surface area contributed by atoms with Gasteiger partial charge in [-0.25, -0.2) is 0 Å². The summed E-state index contributed by atoms with van der Waals surface area (Å²) < 4.78 is 4.94. The van der Waals surface area contributed by atoms with Gasteiger partial charge in [-0.05, 0) is 64.0 Å². The van der Waals surface area contributed by atoms with E-state index in [4.69, 9.17) is 10.5 Å². The summed E-state index contributed by atoms with van der Waals surface area (Å²) in [6.45, 7) is 10.4. The van der Waals surface area contributed by atoms with E-state index < -0.39 is 0 Å². The average molecular weight is 349 g/mol. The molecule has 3 rings (SSSR count). The lowest BCUT2D eigenvalue weighted by molar-refractivity contribution is -0.119. The molecule has 0 unspecified atom stereocenters. The molecular formula is C21H36N2O2. The third kappa shape index (κ3) is 7.07. The summed E-state index contributed by atoms with van der Waals surface area (Å²) in [5, 5.41) is 0. The first kappa shape index (κ1) is 21.5. The van der Waals surface area contributed by atoms with Crippen molar-refractivity contribution in [2.45, 2.75) is 83.9 Å². The Morgan fingerprint density at radius 2 is 1.56 bits per heavy atom.